The fourth-order valence-electron chi connectivity index (χ4n) is 3.95. The van der Waals surface area contributed by atoms with E-state index in [0.29, 0.717) is 6.42 Å². The van der Waals surface area contributed by atoms with E-state index in [4.69, 9.17) is 0 Å². The molecule has 0 bridgehead atoms. The van der Waals surface area contributed by atoms with Gasteiger partial charge in [-0.3, -0.25) is 4.79 Å². The number of amides is 3. The van der Waals surface area contributed by atoms with Crippen LogP contribution in [0.3, 0.4) is 0 Å². The molecular weight excluding hydrogens is 350 g/mol. The summed E-state index contributed by atoms with van der Waals surface area (Å²) in [6, 6.07) is 14.4. The number of urea groups is 1. The Hall–Kier alpha value is -2.56. The van der Waals surface area contributed by atoms with Crippen molar-refractivity contribution in [2.24, 2.45) is 5.92 Å². The Morgan fingerprint density at radius 1 is 0.964 bits per heavy atom. The molecule has 28 heavy (non-hydrogen) atoms. The summed E-state index contributed by atoms with van der Waals surface area (Å²) in [7, 11) is 0. The van der Waals surface area contributed by atoms with Gasteiger partial charge in [0.25, 0.3) is 0 Å². The van der Waals surface area contributed by atoms with E-state index in [1.54, 1.807) is 0 Å². The summed E-state index contributed by atoms with van der Waals surface area (Å²) in [6.45, 7) is 5.93. The van der Waals surface area contributed by atoms with Gasteiger partial charge in [0.15, 0.2) is 0 Å². The van der Waals surface area contributed by atoms with E-state index in [-0.39, 0.29) is 36.0 Å². The van der Waals surface area contributed by atoms with Crippen molar-refractivity contribution in [1.29, 1.82) is 0 Å². The minimum Gasteiger partial charge on any atom is -0.354 e. The van der Waals surface area contributed by atoms with Crippen molar-refractivity contribution in [2.75, 3.05) is 0 Å². The molecule has 3 amide bonds. The highest BCUT2D eigenvalue weighted by atomic mass is 16.2. The van der Waals surface area contributed by atoms with Gasteiger partial charge in [-0.05, 0) is 62.4 Å². The SMILES string of the molecule is CC(C)NC(=O)C1CCCC(NC(=O)NC(C)c2ccc3ccccc3c2)C1. The van der Waals surface area contributed by atoms with Gasteiger partial charge in [0.1, 0.15) is 0 Å². The van der Waals surface area contributed by atoms with Crippen LogP contribution in [-0.2, 0) is 4.79 Å². The van der Waals surface area contributed by atoms with E-state index in [2.05, 4.69) is 46.3 Å². The van der Waals surface area contributed by atoms with E-state index in [1.165, 1.54) is 10.8 Å². The van der Waals surface area contributed by atoms with Crippen LogP contribution >= 0.6 is 0 Å². The van der Waals surface area contributed by atoms with E-state index in [1.807, 2.05) is 32.9 Å². The average Bonchev–Trinajstić information content (AvgIpc) is 2.67. The number of carbonyl (C=O) groups excluding carboxylic acids is 2. The number of fused-ring (bicyclic) bond motifs is 1. The first-order valence-electron chi connectivity index (χ1n) is 10.3. The lowest BCUT2D eigenvalue weighted by molar-refractivity contribution is -0.126. The first kappa shape index (κ1) is 20.2. The third-order valence-corrected chi connectivity index (χ3v) is 5.43. The molecule has 2 aromatic rings. The zero-order valence-electron chi connectivity index (χ0n) is 17.0. The molecule has 1 fully saturated rings. The Balaban J connectivity index is 1.54. The molecule has 5 nitrogen and oxygen atoms in total. The summed E-state index contributed by atoms with van der Waals surface area (Å²) in [5.74, 6) is 0.0887. The van der Waals surface area contributed by atoms with Crippen molar-refractivity contribution in [1.82, 2.24) is 16.0 Å². The van der Waals surface area contributed by atoms with Crippen molar-refractivity contribution in [3.05, 3.63) is 48.0 Å². The maximum Gasteiger partial charge on any atom is 0.315 e. The molecule has 1 saturated carbocycles. The van der Waals surface area contributed by atoms with Crippen LogP contribution in [0.15, 0.2) is 42.5 Å². The molecule has 0 radical (unpaired) electrons. The molecular formula is C23H31N3O2. The molecule has 0 aliphatic heterocycles. The molecule has 3 rings (SSSR count). The van der Waals surface area contributed by atoms with E-state index in [0.717, 1.165) is 24.8 Å². The fourth-order valence-corrected chi connectivity index (χ4v) is 3.95. The molecule has 0 aromatic heterocycles. The minimum atomic E-state index is -0.171. The maximum absolute atomic E-state index is 12.5. The second-order valence-corrected chi connectivity index (χ2v) is 8.17. The van der Waals surface area contributed by atoms with Gasteiger partial charge in [0.05, 0.1) is 6.04 Å². The molecule has 0 saturated heterocycles. The maximum atomic E-state index is 12.5. The highest BCUT2D eigenvalue weighted by Crippen LogP contribution is 2.25. The van der Waals surface area contributed by atoms with Gasteiger partial charge in [-0.2, -0.15) is 0 Å². The molecule has 1 aliphatic carbocycles. The fraction of sp³-hybridized carbons (Fsp3) is 0.478. The molecule has 0 spiro atoms. The largest absolute Gasteiger partial charge is 0.354 e. The Labute approximate surface area is 167 Å². The Kier molecular flexibility index (Phi) is 6.55. The van der Waals surface area contributed by atoms with Gasteiger partial charge in [0, 0.05) is 18.0 Å². The smallest absolute Gasteiger partial charge is 0.315 e. The molecule has 150 valence electrons. The number of nitrogens with one attached hydrogen (secondary N) is 3. The third-order valence-electron chi connectivity index (χ3n) is 5.43. The van der Waals surface area contributed by atoms with E-state index >= 15 is 0 Å². The summed E-state index contributed by atoms with van der Waals surface area (Å²) in [4.78, 5) is 24.8. The van der Waals surface area contributed by atoms with Gasteiger partial charge in [-0.15, -0.1) is 0 Å². The lowest BCUT2D eigenvalue weighted by Gasteiger charge is -2.30. The normalized spacial score (nSPS) is 20.6. The topological polar surface area (TPSA) is 70.2 Å². The first-order chi connectivity index (χ1) is 13.4. The average molecular weight is 382 g/mol. The van der Waals surface area contributed by atoms with Crippen LogP contribution in [0.2, 0.25) is 0 Å². The van der Waals surface area contributed by atoms with Crippen molar-refractivity contribution in [3.8, 4) is 0 Å². The third kappa shape index (κ3) is 5.24. The van der Waals surface area contributed by atoms with Crippen molar-refractivity contribution in [3.63, 3.8) is 0 Å². The first-order valence-corrected chi connectivity index (χ1v) is 10.3. The summed E-state index contributed by atoms with van der Waals surface area (Å²) in [5.41, 5.74) is 1.08. The van der Waals surface area contributed by atoms with Gasteiger partial charge in [0.2, 0.25) is 5.91 Å². The standard InChI is InChI=1S/C23H31N3O2/c1-15(2)24-22(27)20-9-6-10-21(14-20)26-23(28)25-16(3)18-12-11-17-7-4-5-8-19(17)13-18/h4-5,7-8,11-13,15-16,20-21H,6,9-10,14H2,1-3H3,(H,24,27)(H2,25,26,28). The Bertz CT molecular complexity index is 833. The Morgan fingerprint density at radius 2 is 1.71 bits per heavy atom. The van der Waals surface area contributed by atoms with Crippen LogP contribution in [0.1, 0.15) is 58.1 Å². The predicted octanol–water partition coefficient (Wildman–Crippen LogP) is 4.28. The summed E-state index contributed by atoms with van der Waals surface area (Å²) in [5, 5.41) is 11.4. The number of hydrogen-bond acceptors (Lipinski definition) is 2. The highest BCUT2D eigenvalue weighted by molar-refractivity contribution is 5.83. The molecule has 2 aromatic carbocycles. The second-order valence-electron chi connectivity index (χ2n) is 8.17. The van der Waals surface area contributed by atoms with Crippen molar-refractivity contribution >= 4 is 22.7 Å². The van der Waals surface area contributed by atoms with Gasteiger partial charge < -0.3 is 16.0 Å². The summed E-state index contributed by atoms with van der Waals surface area (Å²) < 4.78 is 0. The van der Waals surface area contributed by atoms with Crippen LogP contribution in [-0.4, -0.2) is 24.0 Å². The van der Waals surface area contributed by atoms with Crippen molar-refractivity contribution in [2.45, 2.75) is 64.6 Å². The number of carbonyl (C=O) groups is 2. The van der Waals surface area contributed by atoms with Crippen molar-refractivity contribution < 1.29 is 9.59 Å². The molecule has 3 N–H and O–H groups in total. The van der Waals surface area contributed by atoms with Crippen LogP contribution in [0.5, 0.6) is 0 Å². The van der Waals surface area contributed by atoms with Crippen LogP contribution in [0.4, 0.5) is 4.79 Å². The summed E-state index contributed by atoms with van der Waals surface area (Å²) in [6.07, 6.45) is 3.48. The molecule has 1 aliphatic rings. The lowest BCUT2D eigenvalue weighted by atomic mass is 9.85. The van der Waals surface area contributed by atoms with Gasteiger partial charge >= 0.3 is 6.03 Å². The monoisotopic (exact) mass is 381 g/mol. The molecule has 3 unspecified atom stereocenters. The van der Waals surface area contributed by atoms with Crippen LogP contribution < -0.4 is 16.0 Å². The minimum absolute atomic E-state index is 0.0145. The van der Waals surface area contributed by atoms with E-state index < -0.39 is 0 Å². The zero-order chi connectivity index (χ0) is 20.1. The summed E-state index contributed by atoms with van der Waals surface area (Å²) >= 11 is 0. The lowest BCUT2D eigenvalue weighted by Crippen LogP contribution is -2.47. The Morgan fingerprint density at radius 3 is 2.46 bits per heavy atom. The zero-order valence-corrected chi connectivity index (χ0v) is 17.0. The quantitative estimate of drug-likeness (QED) is 0.723. The van der Waals surface area contributed by atoms with Gasteiger partial charge in [-0.1, -0.05) is 42.8 Å². The molecule has 0 heterocycles. The van der Waals surface area contributed by atoms with Crippen LogP contribution in [0, 0.1) is 5.92 Å². The molecule has 3 atom stereocenters. The predicted molar refractivity (Wildman–Crippen MR) is 113 cm³/mol. The number of benzene rings is 2. The van der Waals surface area contributed by atoms with E-state index in [9.17, 15) is 9.59 Å². The van der Waals surface area contributed by atoms with Crippen LogP contribution in [0.25, 0.3) is 10.8 Å². The number of hydrogen-bond donors (Lipinski definition) is 3. The second kappa shape index (κ2) is 9.09. The highest BCUT2D eigenvalue weighted by Gasteiger charge is 2.28. The molecule has 5 heteroatoms. The van der Waals surface area contributed by atoms with Gasteiger partial charge in [-0.25, -0.2) is 4.79 Å². The number of rotatable bonds is 5.